The van der Waals surface area contributed by atoms with E-state index in [2.05, 4.69) is 31.2 Å². The molecule has 3 aliphatic rings. The van der Waals surface area contributed by atoms with Crippen LogP contribution in [0.5, 0.6) is 5.75 Å². The van der Waals surface area contributed by atoms with Crippen molar-refractivity contribution in [1.29, 1.82) is 0 Å². The quantitative estimate of drug-likeness (QED) is 0.192. The highest BCUT2D eigenvalue weighted by molar-refractivity contribution is 6.43. The van der Waals surface area contributed by atoms with Gasteiger partial charge in [0, 0.05) is 24.9 Å². The van der Waals surface area contributed by atoms with Gasteiger partial charge in [-0.1, -0.05) is 82.6 Å². The average Bonchev–Trinajstić information content (AvgIpc) is 3.88. The van der Waals surface area contributed by atoms with Crippen LogP contribution in [0.3, 0.4) is 0 Å². The molecular weight excluding hydrogens is 749 g/mol. The fourth-order valence-corrected chi connectivity index (χ4v) is 7.48. The number of carbonyl (C=O) groups excluding carboxylic acids is 6. The van der Waals surface area contributed by atoms with Gasteiger partial charge in [0.15, 0.2) is 0 Å². The zero-order chi connectivity index (χ0) is 39.9. The molecule has 55 heavy (non-hydrogen) atoms. The third-order valence-corrected chi connectivity index (χ3v) is 11.1. The molecule has 5 atom stereocenters. The van der Waals surface area contributed by atoms with Crippen LogP contribution < -0.4 is 26.0 Å². The molecule has 1 saturated heterocycles. The fraction of sp³-hybridized carbons (Fsp3) is 0.590. The first-order valence-electron chi connectivity index (χ1n) is 19.1. The Hall–Kier alpha value is -4.30. The van der Waals surface area contributed by atoms with Gasteiger partial charge in [-0.3, -0.25) is 33.8 Å². The molecule has 1 aromatic heterocycles. The molecule has 16 heteroatoms. The third-order valence-electron chi connectivity index (χ3n) is 10.3. The summed E-state index contributed by atoms with van der Waals surface area (Å²) >= 11 is 12.7. The molecule has 4 unspecified atom stereocenters. The van der Waals surface area contributed by atoms with Gasteiger partial charge in [0.05, 0.1) is 23.8 Å². The van der Waals surface area contributed by atoms with Gasteiger partial charge >= 0.3 is 0 Å². The van der Waals surface area contributed by atoms with Crippen LogP contribution in [0.2, 0.25) is 10.0 Å². The van der Waals surface area contributed by atoms with Crippen molar-refractivity contribution >= 4 is 58.5 Å². The second kappa shape index (κ2) is 18.6. The van der Waals surface area contributed by atoms with Crippen LogP contribution in [0.15, 0.2) is 36.8 Å². The lowest BCUT2D eigenvalue weighted by molar-refractivity contribution is -0.145. The number of halogens is 2. The minimum atomic E-state index is -1.15. The number of rotatable bonds is 15. The summed E-state index contributed by atoms with van der Waals surface area (Å²) in [6.45, 7) is 7.16. The number of ether oxygens (including phenoxy) is 1. The predicted molar refractivity (Wildman–Crippen MR) is 205 cm³/mol. The van der Waals surface area contributed by atoms with Crippen LogP contribution in [0, 0.1) is 11.3 Å². The zero-order valence-corrected chi connectivity index (χ0v) is 33.3. The lowest BCUT2D eigenvalue weighted by atomic mass is 9.82. The van der Waals surface area contributed by atoms with E-state index >= 15 is 0 Å². The molecule has 1 aromatic carbocycles. The topological polar surface area (TPSA) is 189 Å². The van der Waals surface area contributed by atoms with Crippen molar-refractivity contribution < 1.29 is 33.5 Å². The number of Topliss-reactive ketones (excluding diaryl/α,β-unsaturated/α-hetero) is 1. The number of carbonyl (C=O) groups is 6. The van der Waals surface area contributed by atoms with E-state index in [4.69, 9.17) is 27.9 Å². The Bertz CT molecular complexity index is 1730. The number of likely N-dealkylation sites (tertiary alicyclic amines) is 1. The molecule has 14 nitrogen and oxygen atoms in total. The van der Waals surface area contributed by atoms with E-state index in [0.717, 1.165) is 32.1 Å². The Balaban J connectivity index is 1.41. The molecule has 0 radical (unpaired) electrons. The molecule has 1 aliphatic heterocycles. The van der Waals surface area contributed by atoms with Crippen molar-refractivity contribution in [2.45, 2.75) is 128 Å². The number of ketones is 1. The Morgan fingerprint density at radius 1 is 0.964 bits per heavy atom. The van der Waals surface area contributed by atoms with Crippen LogP contribution >= 0.6 is 23.2 Å². The van der Waals surface area contributed by atoms with Crippen molar-refractivity contribution in [3.05, 3.63) is 52.5 Å². The average molecular weight is 801 g/mol. The summed E-state index contributed by atoms with van der Waals surface area (Å²) in [5.41, 5.74) is -0.808. The van der Waals surface area contributed by atoms with E-state index in [1.807, 2.05) is 6.92 Å². The van der Waals surface area contributed by atoms with E-state index in [0.29, 0.717) is 19.3 Å². The number of benzene rings is 1. The standard InChI is InChI=1S/C39H51Cl2N7O7/c1-5-10-26(32(49)37(53)44-23-15-16-23)45-35(51)28-19-24(55-29-14-9-13-25(40)30(29)41)21-48(28)38(54)33(39(2,3)4)47-36(52)31(22-11-7-6-8-12-22)46-34(50)27-20-42-17-18-43-27/h9,13-14,17-18,20,22-24,26,28,31,33H,5-8,10-12,15-16,19,21H2,1-4H3,(H,44,53)(H,45,51)(H,46,50)(H,47,52)/t24?,26?,28?,31-,33?/m0/s1. The van der Waals surface area contributed by atoms with Crippen LogP contribution in [-0.4, -0.2) is 93.0 Å². The monoisotopic (exact) mass is 799 g/mol. The number of nitrogens with zero attached hydrogens (tertiary/aromatic N) is 3. The number of aromatic nitrogens is 2. The van der Waals surface area contributed by atoms with E-state index < -0.39 is 71.0 Å². The van der Waals surface area contributed by atoms with E-state index in [1.54, 1.807) is 39.0 Å². The smallest absolute Gasteiger partial charge is 0.289 e. The predicted octanol–water partition coefficient (Wildman–Crippen LogP) is 4.17. The summed E-state index contributed by atoms with van der Waals surface area (Å²) in [7, 11) is 0. The summed E-state index contributed by atoms with van der Waals surface area (Å²) in [6, 6.07) is 0.487. The van der Waals surface area contributed by atoms with E-state index in [-0.39, 0.29) is 52.8 Å². The highest BCUT2D eigenvalue weighted by Crippen LogP contribution is 2.35. The first kappa shape index (κ1) is 41.9. The summed E-state index contributed by atoms with van der Waals surface area (Å²) < 4.78 is 6.22. The normalized spacial score (nSPS) is 20.4. The van der Waals surface area contributed by atoms with Crippen molar-refractivity contribution in [2.75, 3.05) is 6.54 Å². The summed E-state index contributed by atoms with van der Waals surface area (Å²) in [5, 5.41) is 11.7. The van der Waals surface area contributed by atoms with Crippen molar-refractivity contribution in [1.82, 2.24) is 36.1 Å². The van der Waals surface area contributed by atoms with Crippen molar-refractivity contribution in [3.63, 3.8) is 0 Å². The third kappa shape index (κ3) is 10.9. The lowest BCUT2D eigenvalue weighted by Gasteiger charge is -2.37. The molecule has 3 fully saturated rings. The fourth-order valence-electron chi connectivity index (χ4n) is 7.14. The first-order chi connectivity index (χ1) is 26.2. The molecule has 2 heterocycles. The van der Waals surface area contributed by atoms with Gasteiger partial charge in [-0.25, -0.2) is 4.98 Å². The number of nitrogens with one attached hydrogen (secondary N) is 4. The second-order valence-electron chi connectivity index (χ2n) is 15.7. The molecule has 5 amide bonds. The first-order valence-corrected chi connectivity index (χ1v) is 19.9. The molecule has 4 N–H and O–H groups in total. The summed E-state index contributed by atoms with van der Waals surface area (Å²) in [4.78, 5) is 91.8. The molecule has 2 aromatic rings. The van der Waals surface area contributed by atoms with Crippen LogP contribution in [0.25, 0.3) is 0 Å². The minimum absolute atomic E-state index is 0.0192. The lowest BCUT2D eigenvalue weighted by Crippen LogP contribution is -2.62. The van der Waals surface area contributed by atoms with E-state index in [1.165, 1.54) is 23.5 Å². The molecule has 298 valence electrons. The van der Waals surface area contributed by atoms with E-state index in [9.17, 15) is 28.8 Å². The number of amides is 5. The van der Waals surface area contributed by atoms with Crippen molar-refractivity contribution in [2.24, 2.45) is 11.3 Å². The summed E-state index contributed by atoms with van der Waals surface area (Å²) in [5.74, 6) is -3.73. The van der Waals surface area contributed by atoms with Crippen LogP contribution in [0.1, 0.15) is 102 Å². The Kier molecular flexibility index (Phi) is 14.1. The van der Waals surface area contributed by atoms with Gasteiger partial charge in [0.2, 0.25) is 23.5 Å². The van der Waals surface area contributed by atoms with Gasteiger partial charge in [-0.2, -0.15) is 0 Å². The molecule has 5 rings (SSSR count). The largest absolute Gasteiger partial charge is 0.487 e. The van der Waals surface area contributed by atoms with Gasteiger partial charge < -0.3 is 30.9 Å². The van der Waals surface area contributed by atoms with Crippen LogP contribution in [0.4, 0.5) is 0 Å². The maximum Gasteiger partial charge on any atom is 0.289 e. The second-order valence-corrected chi connectivity index (χ2v) is 16.5. The number of hydrogen-bond acceptors (Lipinski definition) is 9. The zero-order valence-electron chi connectivity index (χ0n) is 31.7. The van der Waals surface area contributed by atoms with Crippen molar-refractivity contribution in [3.8, 4) is 5.75 Å². The Morgan fingerprint density at radius 3 is 2.33 bits per heavy atom. The molecule has 0 spiro atoms. The number of hydrogen-bond donors (Lipinski definition) is 4. The minimum Gasteiger partial charge on any atom is -0.487 e. The van der Waals surface area contributed by atoms with Crippen LogP contribution in [-0.2, 0) is 24.0 Å². The maximum atomic E-state index is 14.8. The molecule has 0 bridgehead atoms. The molecule has 2 saturated carbocycles. The SMILES string of the molecule is CCCC(NC(=O)C1CC(Oc2cccc(Cl)c2Cl)CN1C(=O)C(NC(=O)[C@@H](NC(=O)c1cnccn1)C1CCCCC1)C(C)(C)C)C(=O)C(=O)NC1CC1. The maximum absolute atomic E-state index is 14.8. The summed E-state index contributed by atoms with van der Waals surface area (Å²) in [6.07, 6.45) is 9.98. The molecular formula is C39H51Cl2N7O7. The van der Waals surface area contributed by atoms with Gasteiger partial charge in [-0.15, -0.1) is 0 Å². The van der Waals surface area contributed by atoms with Gasteiger partial charge in [0.25, 0.3) is 11.8 Å². The highest BCUT2D eigenvalue weighted by Gasteiger charge is 2.47. The Morgan fingerprint density at radius 2 is 1.69 bits per heavy atom. The Labute approximate surface area is 331 Å². The van der Waals surface area contributed by atoms with Gasteiger partial charge in [0.1, 0.15) is 40.7 Å². The highest BCUT2D eigenvalue weighted by atomic mass is 35.5. The molecule has 2 aliphatic carbocycles. The van der Waals surface area contributed by atoms with Gasteiger partial charge in [-0.05, 0) is 55.6 Å².